The molecule has 3 rings (SSSR count). The average molecular weight is 324 g/mol. The Morgan fingerprint density at radius 2 is 1.58 bits per heavy atom. The summed E-state index contributed by atoms with van der Waals surface area (Å²) in [6.07, 6.45) is 5.80. The lowest BCUT2D eigenvalue weighted by Gasteiger charge is -2.26. The van der Waals surface area contributed by atoms with Gasteiger partial charge in [-0.2, -0.15) is 0 Å². The lowest BCUT2D eigenvalue weighted by atomic mass is 9.92. The summed E-state index contributed by atoms with van der Waals surface area (Å²) in [6.45, 7) is 1.65. The van der Waals surface area contributed by atoms with Gasteiger partial charge in [0.05, 0.1) is 0 Å². The fraction of sp³-hybridized carbons (Fsp3) is 0.429. The molecule has 24 heavy (non-hydrogen) atoms. The highest BCUT2D eigenvalue weighted by Crippen LogP contribution is 2.17. The topological polar surface area (TPSA) is 47.3 Å². The van der Waals surface area contributed by atoms with Gasteiger partial charge in [-0.05, 0) is 61.9 Å². The van der Waals surface area contributed by atoms with Gasteiger partial charge in [0.1, 0.15) is 12.4 Å². The number of rotatable bonds is 7. The molecule has 1 aliphatic rings. The van der Waals surface area contributed by atoms with Crippen LogP contribution in [0.1, 0.15) is 36.8 Å². The van der Waals surface area contributed by atoms with Gasteiger partial charge in [0.2, 0.25) is 0 Å². The van der Waals surface area contributed by atoms with Gasteiger partial charge in [-0.3, -0.25) is 0 Å². The molecule has 2 aromatic rings. The van der Waals surface area contributed by atoms with E-state index in [2.05, 4.69) is 41.7 Å². The van der Waals surface area contributed by atoms with Gasteiger partial charge in [-0.25, -0.2) is 0 Å². The highest BCUT2D eigenvalue weighted by atomic mass is 16.5. The number of ether oxygens (including phenoxy) is 1. The number of benzene rings is 2. The third-order valence-corrected chi connectivity index (χ3v) is 4.79. The molecule has 0 aliphatic heterocycles. The number of nitrogens with two attached hydrogens (primary N) is 1. The zero-order chi connectivity index (χ0) is 16.6. The maximum atomic E-state index is 5.95. The van der Waals surface area contributed by atoms with E-state index >= 15 is 0 Å². The van der Waals surface area contributed by atoms with E-state index in [0.29, 0.717) is 18.7 Å². The normalized spacial score (nSPS) is 20.7. The van der Waals surface area contributed by atoms with Gasteiger partial charge in [0, 0.05) is 12.1 Å². The average Bonchev–Trinajstić information content (AvgIpc) is 2.64. The summed E-state index contributed by atoms with van der Waals surface area (Å²) in [6, 6.07) is 19.8. The van der Waals surface area contributed by atoms with Crippen LogP contribution in [-0.2, 0) is 13.0 Å². The van der Waals surface area contributed by atoms with Crippen molar-refractivity contribution in [1.29, 1.82) is 0 Å². The highest BCUT2D eigenvalue weighted by Gasteiger charge is 2.17. The van der Waals surface area contributed by atoms with Crippen LogP contribution in [0.4, 0.5) is 0 Å². The van der Waals surface area contributed by atoms with Gasteiger partial charge in [0.15, 0.2) is 0 Å². The largest absolute Gasteiger partial charge is 0.489 e. The van der Waals surface area contributed by atoms with Crippen molar-refractivity contribution in [3.63, 3.8) is 0 Å². The maximum Gasteiger partial charge on any atom is 0.119 e. The molecule has 0 saturated heterocycles. The Kier molecular flexibility index (Phi) is 6.27. The molecule has 0 bridgehead atoms. The minimum Gasteiger partial charge on any atom is -0.489 e. The summed E-state index contributed by atoms with van der Waals surface area (Å²) >= 11 is 0. The molecule has 128 valence electrons. The first-order chi connectivity index (χ1) is 11.8. The molecule has 1 aliphatic carbocycles. The van der Waals surface area contributed by atoms with Crippen LogP contribution < -0.4 is 15.8 Å². The predicted octanol–water partition coefficient (Wildman–Crippen LogP) is 3.67. The second-order valence-corrected chi connectivity index (χ2v) is 6.73. The Hall–Kier alpha value is -1.84. The van der Waals surface area contributed by atoms with Crippen LogP contribution in [-0.4, -0.2) is 18.6 Å². The Balaban J connectivity index is 1.38. The lowest BCUT2D eigenvalue weighted by molar-refractivity contribution is 0.306. The third kappa shape index (κ3) is 5.36. The maximum absolute atomic E-state index is 5.95. The monoisotopic (exact) mass is 324 g/mol. The molecule has 0 radical (unpaired) electrons. The van der Waals surface area contributed by atoms with Crippen molar-refractivity contribution < 1.29 is 4.74 Å². The van der Waals surface area contributed by atoms with Crippen LogP contribution in [0.5, 0.6) is 5.75 Å². The molecule has 0 atom stereocenters. The Labute approximate surface area is 145 Å². The molecule has 1 saturated carbocycles. The van der Waals surface area contributed by atoms with Crippen LogP contribution in [0.25, 0.3) is 0 Å². The highest BCUT2D eigenvalue weighted by molar-refractivity contribution is 5.28. The van der Waals surface area contributed by atoms with E-state index < -0.39 is 0 Å². The molecule has 0 amide bonds. The van der Waals surface area contributed by atoms with Gasteiger partial charge in [0.25, 0.3) is 0 Å². The van der Waals surface area contributed by atoms with E-state index in [0.717, 1.165) is 31.6 Å². The van der Waals surface area contributed by atoms with Crippen molar-refractivity contribution in [2.45, 2.75) is 50.8 Å². The van der Waals surface area contributed by atoms with Crippen molar-refractivity contribution >= 4 is 0 Å². The number of hydrogen-bond acceptors (Lipinski definition) is 3. The van der Waals surface area contributed by atoms with Crippen LogP contribution in [0.15, 0.2) is 54.6 Å². The van der Waals surface area contributed by atoms with Gasteiger partial charge >= 0.3 is 0 Å². The molecular formula is C21H28N2O. The fourth-order valence-corrected chi connectivity index (χ4v) is 3.24. The lowest BCUT2D eigenvalue weighted by Crippen LogP contribution is -2.38. The zero-order valence-corrected chi connectivity index (χ0v) is 14.3. The molecule has 0 aromatic heterocycles. The van der Waals surface area contributed by atoms with E-state index in [4.69, 9.17) is 10.5 Å². The number of hydrogen-bond donors (Lipinski definition) is 2. The zero-order valence-electron chi connectivity index (χ0n) is 14.3. The summed E-state index contributed by atoms with van der Waals surface area (Å²) in [4.78, 5) is 0. The van der Waals surface area contributed by atoms with Crippen molar-refractivity contribution in [2.24, 2.45) is 5.73 Å². The van der Waals surface area contributed by atoms with Crippen LogP contribution >= 0.6 is 0 Å². The molecule has 0 unspecified atom stereocenters. The van der Waals surface area contributed by atoms with E-state index in [1.807, 2.05) is 18.2 Å². The number of nitrogens with one attached hydrogen (secondary N) is 1. The summed E-state index contributed by atoms with van der Waals surface area (Å²) in [5, 5.41) is 3.67. The molecule has 0 heterocycles. The standard InChI is InChI=1S/C21H28N2O/c22-19-8-10-20(11-9-19)23-15-14-17-6-12-21(13-7-17)24-16-18-4-2-1-3-5-18/h1-7,12-13,19-20,23H,8-11,14-16,22H2. The molecular weight excluding hydrogens is 296 g/mol. The molecule has 3 nitrogen and oxygen atoms in total. The summed E-state index contributed by atoms with van der Waals surface area (Å²) in [5.74, 6) is 0.928. The second kappa shape index (κ2) is 8.86. The first-order valence-electron chi connectivity index (χ1n) is 9.04. The first kappa shape index (κ1) is 17.0. The van der Waals surface area contributed by atoms with E-state index in [-0.39, 0.29) is 0 Å². The summed E-state index contributed by atoms with van der Waals surface area (Å²) < 4.78 is 5.83. The molecule has 3 N–H and O–H groups in total. The Bertz CT molecular complexity index is 589. The minimum atomic E-state index is 0.423. The third-order valence-electron chi connectivity index (χ3n) is 4.79. The van der Waals surface area contributed by atoms with E-state index in [1.54, 1.807) is 0 Å². The van der Waals surface area contributed by atoms with Gasteiger partial charge < -0.3 is 15.8 Å². The fourth-order valence-electron chi connectivity index (χ4n) is 3.24. The predicted molar refractivity (Wildman–Crippen MR) is 99.2 cm³/mol. The first-order valence-corrected chi connectivity index (χ1v) is 9.04. The van der Waals surface area contributed by atoms with Crippen LogP contribution in [0.2, 0.25) is 0 Å². The smallest absolute Gasteiger partial charge is 0.119 e. The summed E-state index contributed by atoms with van der Waals surface area (Å²) in [5.41, 5.74) is 8.49. The molecule has 1 fully saturated rings. The minimum absolute atomic E-state index is 0.423. The molecule has 3 heteroatoms. The van der Waals surface area contributed by atoms with E-state index in [1.165, 1.54) is 24.0 Å². The van der Waals surface area contributed by atoms with Gasteiger partial charge in [-0.1, -0.05) is 42.5 Å². The molecule has 2 aromatic carbocycles. The van der Waals surface area contributed by atoms with Crippen molar-refractivity contribution in [3.8, 4) is 5.75 Å². The molecule has 0 spiro atoms. The van der Waals surface area contributed by atoms with E-state index in [9.17, 15) is 0 Å². The van der Waals surface area contributed by atoms with Crippen LogP contribution in [0.3, 0.4) is 0 Å². The van der Waals surface area contributed by atoms with Crippen LogP contribution in [0, 0.1) is 0 Å². The SMILES string of the molecule is NC1CCC(NCCc2ccc(OCc3ccccc3)cc2)CC1. The Morgan fingerprint density at radius 3 is 2.29 bits per heavy atom. The quantitative estimate of drug-likeness (QED) is 0.817. The van der Waals surface area contributed by atoms with Crippen molar-refractivity contribution in [2.75, 3.05) is 6.54 Å². The van der Waals surface area contributed by atoms with Gasteiger partial charge in [-0.15, -0.1) is 0 Å². The van der Waals surface area contributed by atoms with Crippen molar-refractivity contribution in [1.82, 2.24) is 5.32 Å². The second-order valence-electron chi connectivity index (χ2n) is 6.73. The Morgan fingerprint density at radius 1 is 0.875 bits per heavy atom. The summed E-state index contributed by atoms with van der Waals surface area (Å²) in [7, 11) is 0. The van der Waals surface area contributed by atoms with Crippen molar-refractivity contribution in [3.05, 3.63) is 65.7 Å².